The summed E-state index contributed by atoms with van der Waals surface area (Å²) >= 11 is 5.70. The third-order valence-electron chi connectivity index (χ3n) is 3.18. The Kier molecular flexibility index (Phi) is 4.40. The molecule has 2 aromatic rings. The Hall–Kier alpha value is -1.87. The molecule has 0 aromatic heterocycles. The van der Waals surface area contributed by atoms with Gasteiger partial charge in [-0.1, -0.05) is 47.5 Å². The second-order valence-electron chi connectivity index (χ2n) is 4.74. The molecule has 0 saturated carbocycles. The zero-order valence-corrected chi connectivity index (χ0v) is 11.7. The van der Waals surface area contributed by atoms with E-state index in [0.717, 1.165) is 5.56 Å². The number of aliphatic carboxylic acids is 1. The maximum atomic E-state index is 13.8. The van der Waals surface area contributed by atoms with Crippen LogP contribution in [-0.4, -0.2) is 11.1 Å². The van der Waals surface area contributed by atoms with E-state index >= 15 is 0 Å². The average molecular weight is 293 g/mol. The lowest BCUT2D eigenvalue weighted by molar-refractivity contribution is -0.138. The zero-order valence-electron chi connectivity index (χ0n) is 10.9. The number of carboxylic acid groups (broad SMARTS) is 1. The monoisotopic (exact) mass is 292 g/mol. The highest BCUT2D eigenvalue weighted by molar-refractivity contribution is 6.30. The Labute approximate surface area is 121 Å². The summed E-state index contributed by atoms with van der Waals surface area (Å²) in [7, 11) is 0. The first kappa shape index (κ1) is 14.5. The van der Waals surface area contributed by atoms with Crippen molar-refractivity contribution in [3.05, 3.63) is 70.0 Å². The van der Waals surface area contributed by atoms with Gasteiger partial charge in [-0.05, 0) is 36.6 Å². The van der Waals surface area contributed by atoms with E-state index in [-0.39, 0.29) is 6.42 Å². The van der Waals surface area contributed by atoms with E-state index in [9.17, 15) is 14.3 Å². The molecule has 0 bridgehead atoms. The SMILES string of the molecule is Cc1cccc(C(Cc2ccc(Cl)cc2F)C(=O)O)c1. The molecule has 1 atom stereocenters. The Bertz CT molecular complexity index is 640. The molecule has 0 radical (unpaired) electrons. The van der Waals surface area contributed by atoms with Crippen LogP contribution in [0.5, 0.6) is 0 Å². The Balaban J connectivity index is 2.33. The molecule has 20 heavy (non-hydrogen) atoms. The van der Waals surface area contributed by atoms with Gasteiger partial charge in [0.2, 0.25) is 0 Å². The van der Waals surface area contributed by atoms with Crippen molar-refractivity contribution in [2.24, 2.45) is 0 Å². The topological polar surface area (TPSA) is 37.3 Å². The highest BCUT2D eigenvalue weighted by Gasteiger charge is 2.22. The average Bonchev–Trinajstić information content (AvgIpc) is 2.37. The second kappa shape index (κ2) is 6.06. The summed E-state index contributed by atoms with van der Waals surface area (Å²) in [6, 6.07) is 11.6. The van der Waals surface area contributed by atoms with Crippen molar-refractivity contribution in [3.63, 3.8) is 0 Å². The van der Waals surface area contributed by atoms with Gasteiger partial charge in [0.1, 0.15) is 5.82 Å². The van der Waals surface area contributed by atoms with Crippen molar-refractivity contribution < 1.29 is 14.3 Å². The van der Waals surface area contributed by atoms with E-state index in [2.05, 4.69) is 0 Å². The van der Waals surface area contributed by atoms with E-state index in [1.165, 1.54) is 12.1 Å². The molecule has 0 heterocycles. The Morgan fingerprint density at radius 2 is 2.05 bits per heavy atom. The maximum absolute atomic E-state index is 13.8. The molecule has 2 aromatic carbocycles. The van der Waals surface area contributed by atoms with Gasteiger partial charge >= 0.3 is 5.97 Å². The Morgan fingerprint density at radius 1 is 1.30 bits per heavy atom. The molecular weight excluding hydrogens is 279 g/mol. The van der Waals surface area contributed by atoms with Gasteiger partial charge in [-0.25, -0.2) is 4.39 Å². The summed E-state index contributed by atoms with van der Waals surface area (Å²) in [5.41, 5.74) is 2.00. The molecule has 4 heteroatoms. The summed E-state index contributed by atoms with van der Waals surface area (Å²) in [5.74, 6) is -2.22. The van der Waals surface area contributed by atoms with Crippen LogP contribution in [0.2, 0.25) is 5.02 Å². The first-order chi connectivity index (χ1) is 9.47. The minimum atomic E-state index is -0.968. The number of aryl methyl sites for hydroxylation is 1. The predicted octanol–water partition coefficient (Wildman–Crippen LogP) is 4.20. The van der Waals surface area contributed by atoms with Crippen LogP contribution >= 0.6 is 11.6 Å². The van der Waals surface area contributed by atoms with Crippen LogP contribution in [0.1, 0.15) is 22.6 Å². The van der Waals surface area contributed by atoms with E-state index in [4.69, 9.17) is 11.6 Å². The van der Waals surface area contributed by atoms with E-state index in [1.807, 2.05) is 19.1 Å². The lowest BCUT2D eigenvalue weighted by Gasteiger charge is -2.14. The number of benzene rings is 2. The van der Waals surface area contributed by atoms with Gasteiger partial charge in [-0.2, -0.15) is 0 Å². The van der Waals surface area contributed by atoms with Crippen LogP contribution < -0.4 is 0 Å². The predicted molar refractivity (Wildman–Crippen MR) is 76.7 cm³/mol. The van der Waals surface area contributed by atoms with Crippen LogP contribution in [0, 0.1) is 12.7 Å². The number of halogens is 2. The van der Waals surface area contributed by atoms with E-state index in [0.29, 0.717) is 16.1 Å². The van der Waals surface area contributed by atoms with Crippen LogP contribution in [-0.2, 0) is 11.2 Å². The van der Waals surface area contributed by atoms with Crippen molar-refractivity contribution in [2.75, 3.05) is 0 Å². The van der Waals surface area contributed by atoms with Crippen molar-refractivity contribution in [3.8, 4) is 0 Å². The molecule has 1 N–H and O–H groups in total. The molecule has 2 nitrogen and oxygen atoms in total. The molecule has 1 unspecified atom stereocenters. The first-order valence-electron chi connectivity index (χ1n) is 6.20. The van der Waals surface area contributed by atoms with E-state index in [1.54, 1.807) is 18.2 Å². The summed E-state index contributed by atoms with van der Waals surface area (Å²) in [4.78, 5) is 11.4. The molecule has 0 aliphatic rings. The molecule has 2 rings (SSSR count). The summed E-state index contributed by atoms with van der Waals surface area (Å²) in [5, 5.41) is 9.68. The zero-order chi connectivity index (χ0) is 14.7. The quantitative estimate of drug-likeness (QED) is 0.917. The second-order valence-corrected chi connectivity index (χ2v) is 5.18. The van der Waals surface area contributed by atoms with Gasteiger partial charge in [0.25, 0.3) is 0 Å². The van der Waals surface area contributed by atoms with Crippen molar-refractivity contribution in [1.29, 1.82) is 0 Å². The van der Waals surface area contributed by atoms with Crippen molar-refractivity contribution in [1.82, 2.24) is 0 Å². The third kappa shape index (κ3) is 3.36. The van der Waals surface area contributed by atoms with Crippen molar-refractivity contribution in [2.45, 2.75) is 19.3 Å². The third-order valence-corrected chi connectivity index (χ3v) is 3.42. The van der Waals surface area contributed by atoms with Crippen LogP contribution in [0.25, 0.3) is 0 Å². The highest BCUT2D eigenvalue weighted by atomic mass is 35.5. The molecule has 0 saturated heterocycles. The fourth-order valence-electron chi connectivity index (χ4n) is 2.14. The van der Waals surface area contributed by atoms with Crippen molar-refractivity contribution >= 4 is 17.6 Å². The van der Waals surface area contributed by atoms with Gasteiger partial charge in [0, 0.05) is 5.02 Å². The number of carbonyl (C=O) groups is 1. The number of hydrogen-bond donors (Lipinski definition) is 1. The standard InChI is InChI=1S/C16H14ClFO2/c1-10-3-2-4-11(7-10)14(16(19)20)8-12-5-6-13(17)9-15(12)18/h2-7,9,14H,8H2,1H3,(H,19,20). The van der Waals surface area contributed by atoms with Gasteiger partial charge in [-0.3, -0.25) is 4.79 Å². The van der Waals surface area contributed by atoms with Crippen LogP contribution in [0.4, 0.5) is 4.39 Å². The fourth-order valence-corrected chi connectivity index (χ4v) is 2.30. The maximum Gasteiger partial charge on any atom is 0.311 e. The van der Waals surface area contributed by atoms with E-state index < -0.39 is 17.7 Å². The van der Waals surface area contributed by atoms with Gasteiger partial charge < -0.3 is 5.11 Å². The summed E-state index contributed by atoms with van der Waals surface area (Å²) < 4.78 is 13.8. The first-order valence-corrected chi connectivity index (χ1v) is 6.58. The number of carboxylic acids is 1. The lowest BCUT2D eigenvalue weighted by atomic mass is 9.91. The highest BCUT2D eigenvalue weighted by Crippen LogP contribution is 2.25. The lowest BCUT2D eigenvalue weighted by Crippen LogP contribution is -2.15. The molecule has 0 spiro atoms. The largest absolute Gasteiger partial charge is 0.481 e. The molecule has 0 aliphatic heterocycles. The van der Waals surface area contributed by atoms with Crippen LogP contribution in [0.15, 0.2) is 42.5 Å². The van der Waals surface area contributed by atoms with Crippen LogP contribution in [0.3, 0.4) is 0 Å². The van der Waals surface area contributed by atoms with Gasteiger partial charge in [0.05, 0.1) is 5.92 Å². The minimum absolute atomic E-state index is 0.0990. The molecule has 0 amide bonds. The Morgan fingerprint density at radius 3 is 2.65 bits per heavy atom. The minimum Gasteiger partial charge on any atom is -0.481 e. The van der Waals surface area contributed by atoms with Gasteiger partial charge in [0.15, 0.2) is 0 Å². The summed E-state index contributed by atoms with van der Waals surface area (Å²) in [6.07, 6.45) is 0.0990. The number of hydrogen-bond acceptors (Lipinski definition) is 1. The van der Waals surface area contributed by atoms with Gasteiger partial charge in [-0.15, -0.1) is 0 Å². The summed E-state index contributed by atoms with van der Waals surface area (Å²) in [6.45, 7) is 1.89. The molecule has 104 valence electrons. The number of rotatable bonds is 4. The smallest absolute Gasteiger partial charge is 0.311 e. The molecular formula is C16H14ClFO2. The molecule has 0 aliphatic carbocycles. The normalized spacial score (nSPS) is 12.2. The fraction of sp³-hybridized carbons (Fsp3) is 0.188. The molecule has 0 fully saturated rings.